The molecular weight excluding hydrogens is 708 g/mol. The van der Waals surface area contributed by atoms with Crippen molar-refractivity contribution in [3.05, 3.63) is 70.7 Å². The number of fused-ring (bicyclic) bond motifs is 2. The number of unbranched alkanes of at least 4 members (excludes halogenated alkanes) is 1. The van der Waals surface area contributed by atoms with E-state index in [0.717, 1.165) is 48.3 Å². The standard InChI is InChI=1S/C39H46N8O8/c1-21(2)33(46-39(52)54-5)36(49)40-15-7-6-10-32-41-19-27(44-32)24-11-13-25-31(18-24)55-30-14-12-23(17-26(30)34(25)48)28-20-42-35(45-28)29-9-8-16-47(29)37(50)22(3)43-38(51)53-4/h11-14,17-22,29,33H,6-10,15-16H2,1-5H3,(H,40,49)(H,41,44)(H,42,45)(H,43,51)(H,46,52)/t22-,29-,33-/m0/s1. The maximum absolute atomic E-state index is 13.7. The molecule has 0 saturated carbocycles. The van der Waals surface area contributed by atoms with Gasteiger partial charge in [0.1, 0.15) is 34.9 Å². The second-order valence-corrected chi connectivity index (χ2v) is 13.9. The Kier molecular flexibility index (Phi) is 11.8. The minimum Gasteiger partial charge on any atom is -0.456 e. The summed E-state index contributed by atoms with van der Waals surface area (Å²) in [4.78, 5) is 80.1. The lowest BCUT2D eigenvalue weighted by atomic mass is 10.0. The lowest BCUT2D eigenvalue weighted by Gasteiger charge is -2.26. The summed E-state index contributed by atoms with van der Waals surface area (Å²) in [7, 11) is 2.51. The fourth-order valence-corrected chi connectivity index (χ4v) is 6.80. The van der Waals surface area contributed by atoms with Crippen LogP contribution in [0.5, 0.6) is 0 Å². The van der Waals surface area contributed by atoms with E-state index in [-0.39, 0.29) is 29.2 Å². The molecule has 0 spiro atoms. The van der Waals surface area contributed by atoms with Crippen LogP contribution >= 0.6 is 0 Å². The van der Waals surface area contributed by atoms with Crippen molar-refractivity contribution in [3.8, 4) is 22.5 Å². The van der Waals surface area contributed by atoms with Crippen LogP contribution in [0.15, 0.2) is 58.0 Å². The summed E-state index contributed by atoms with van der Waals surface area (Å²) in [6.45, 7) is 6.33. The lowest BCUT2D eigenvalue weighted by Crippen LogP contribution is -2.49. The van der Waals surface area contributed by atoms with Crippen LogP contribution in [0.2, 0.25) is 0 Å². The Labute approximate surface area is 316 Å². The van der Waals surface area contributed by atoms with Crippen molar-refractivity contribution >= 4 is 45.9 Å². The molecule has 1 aliphatic heterocycles. The average molecular weight is 755 g/mol. The predicted molar refractivity (Wildman–Crippen MR) is 204 cm³/mol. The number of carbonyl (C=O) groups is 4. The molecular formula is C39H46N8O8. The molecule has 5 N–H and O–H groups in total. The fourth-order valence-electron chi connectivity index (χ4n) is 6.80. The van der Waals surface area contributed by atoms with Gasteiger partial charge in [0, 0.05) is 30.6 Å². The zero-order valence-electron chi connectivity index (χ0n) is 31.5. The highest BCUT2D eigenvalue weighted by atomic mass is 16.5. The first-order valence-corrected chi connectivity index (χ1v) is 18.3. The number of hydrogen-bond donors (Lipinski definition) is 5. The van der Waals surface area contributed by atoms with E-state index in [1.807, 2.05) is 32.0 Å². The van der Waals surface area contributed by atoms with E-state index in [2.05, 4.69) is 45.4 Å². The van der Waals surface area contributed by atoms with E-state index in [9.17, 15) is 24.0 Å². The molecule has 4 amide bonds. The molecule has 1 saturated heterocycles. The number of aromatic nitrogens is 4. The SMILES string of the molecule is COC(=O)N[C@@H](C)C(=O)N1CCC[C@H]1c1ncc(-c2ccc3oc4cc(-c5cnc(CCCCNC(=O)[C@@H](NC(=O)OC)C(C)C)[nH]5)ccc4c(=O)c3c2)[nH]1. The fraction of sp³-hybridized carbons (Fsp3) is 0.410. The minimum absolute atomic E-state index is 0.0946. The first-order chi connectivity index (χ1) is 26.5. The Balaban J connectivity index is 1.10. The maximum Gasteiger partial charge on any atom is 0.407 e. The topological polar surface area (TPSA) is 214 Å². The summed E-state index contributed by atoms with van der Waals surface area (Å²) in [6, 6.07) is 9.11. The quantitative estimate of drug-likeness (QED) is 0.0805. The average Bonchev–Trinajstić information content (AvgIpc) is 3.98. The number of imidazole rings is 2. The summed E-state index contributed by atoms with van der Waals surface area (Å²) in [6.07, 6.45) is 5.80. The van der Waals surface area contributed by atoms with E-state index in [0.29, 0.717) is 53.0 Å². The Hall–Kier alpha value is -6.19. The van der Waals surface area contributed by atoms with Crippen LogP contribution < -0.4 is 21.4 Å². The monoisotopic (exact) mass is 754 g/mol. The molecule has 16 heteroatoms. The normalized spacial score (nSPS) is 15.2. The largest absolute Gasteiger partial charge is 0.456 e. The number of alkyl carbamates (subject to hydrolysis) is 2. The second kappa shape index (κ2) is 16.9. The number of aryl methyl sites for hydroxylation is 1. The van der Waals surface area contributed by atoms with Crippen molar-refractivity contribution < 1.29 is 33.1 Å². The van der Waals surface area contributed by atoms with Crippen molar-refractivity contribution in [2.24, 2.45) is 5.92 Å². The van der Waals surface area contributed by atoms with Gasteiger partial charge < -0.3 is 44.7 Å². The van der Waals surface area contributed by atoms with Crippen molar-refractivity contribution in [1.82, 2.24) is 40.8 Å². The molecule has 4 heterocycles. The number of carbonyl (C=O) groups excluding carboxylic acids is 4. The van der Waals surface area contributed by atoms with Gasteiger partial charge in [-0.1, -0.05) is 19.9 Å². The molecule has 0 radical (unpaired) electrons. The molecule has 16 nitrogen and oxygen atoms in total. The maximum atomic E-state index is 13.7. The van der Waals surface area contributed by atoms with Gasteiger partial charge in [-0.05, 0) is 68.9 Å². The number of H-pyrrole nitrogens is 2. The molecule has 0 aliphatic carbocycles. The van der Waals surface area contributed by atoms with Gasteiger partial charge >= 0.3 is 12.2 Å². The highest BCUT2D eigenvalue weighted by Gasteiger charge is 2.35. The van der Waals surface area contributed by atoms with E-state index < -0.39 is 24.3 Å². The third-order valence-corrected chi connectivity index (χ3v) is 9.81. The van der Waals surface area contributed by atoms with Gasteiger partial charge in [-0.2, -0.15) is 0 Å². The molecule has 0 unspecified atom stereocenters. The zero-order valence-corrected chi connectivity index (χ0v) is 31.5. The van der Waals surface area contributed by atoms with Gasteiger partial charge in [-0.25, -0.2) is 19.6 Å². The van der Waals surface area contributed by atoms with E-state index in [4.69, 9.17) is 4.42 Å². The summed E-state index contributed by atoms with van der Waals surface area (Å²) in [5.41, 5.74) is 3.76. The van der Waals surface area contributed by atoms with Gasteiger partial charge in [0.2, 0.25) is 17.2 Å². The zero-order chi connectivity index (χ0) is 39.2. The van der Waals surface area contributed by atoms with Crippen molar-refractivity contribution in [3.63, 3.8) is 0 Å². The molecule has 3 atom stereocenters. The number of nitrogens with zero attached hydrogens (tertiary/aromatic N) is 3. The molecule has 5 aromatic rings. The van der Waals surface area contributed by atoms with Gasteiger partial charge in [-0.15, -0.1) is 0 Å². The van der Waals surface area contributed by atoms with E-state index in [1.54, 1.807) is 42.4 Å². The van der Waals surface area contributed by atoms with Crippen LogP contribution in [0.3, 0.4) is 0 Å². The Morgan fingerprint density at radius 2 is 1.60 bits per heavy atom. The molecule has 2 aromatic carbocycles. The smallest absolute Gasteiger partial charge is 0.407 e. The summed E-state index contributed by atoms with van der Waals surface area (Å²) < 4.78 is 15.5. The molecule has 3 aromatic heterocycles. The van der Waals surface area contributed by atoms with Crippen molar-refractivity contribution in [2.75, 3.05) is 27.3 Å². The summed E-state index contributed by atoms with van der Waals surface area (Å²) >= 11 is 0. The van der Waals surface area contributed by atoms with E-state index in [1.165, 1.54) is 14.2 Å². The molecule has 0 bridgehead atoms. The molecule has 1 fully saturated rings. The number of ether oxygens (including phenoxy) is 2. The Morgan fingerprint density at radius 1 is 0.891 bits per heavy atom. The highest BCUT2D eigenvalue weighted by molar-refractivity contribution is 5.93. The van der Waals surface area contributed by atoms with Crippen LogP contribution in [0.4, 0.5) is 9.59 Å². The first kappa shape index (κ1) is 38.5. The van der Waals surface area contributed by atoms with Crippen molar-refractivity contribution in [1.29, 1.82) is 0 Å². The molecule has 290 valence electrons. The predicted octanol–water partition coefficient (Wildman–Crippen LogP) is 4.95. The number of methoxy groups -OCH3 is 2. The summed E-state index contributed by atoms with van der Waals surface area (Å²) in [5.74, 6) is 0.847. The van der Waals surface area contributed by atoms with E-state index >= 15 is 0 Å². The first-order valence-electron chi connectivity index (χ1n) is 18.3. The molecule has 6 rings (SSSR count). The van der Waals surface area contributed by atoms with Gasteiger partial charge in [-0.3, -0.25) is 14.4 Å². The number of amides is 4. The summed E-state index contributed by atoms with van der Waals surface area (Å²) in [5, 5.41) is 8.84. The van der Waals surface area contributed by atoms with Crippen LogP contribution in [0.1, 0.15) is 64.1 Å². The minimum atomic E-state index is -0.752. The molecule has 1 aliphatic rings. The number of rotatable bonds is 13. The number of nitrogens with one attached hydrogen (secondary N) is 5. The van der Waals surface area contributed by atoms with Gasteiger partial charge in [0.25, 0.3) is 0 Å². The number of benzene rings is 2. The van der Waals surface area contributed by atoms with Crippen LogP contribution in [0, 0.1) is 5.92 Å². The van der Waals surface area contributed by atoms with Crippen LogP contribution in [0.25, 0.3) is 44.5 Å². The third-order valence-electron chi connectivity index (χ3n) is 9.81. The molecule has 55 heavy (non-hydrogen) atoms. The highest BCUT2D eigenvalue weighted by Crippen LogP contribution is 2.33. The number of likely N-dealkylation sites (tertiary alicyclic amines) is 1. The lowest BCUT2D eigenvalue weighted by molar-refractivity contribution is -0.134. The van der Waals surface area contributed by atoms with Gasteiger partial charge in [0.05, 0.1) is 54.8 Å². The second-order valence-electron chi connectivity index (χ2n) is 13.9. The van der Waals surface area contributed by atoms with Gasteiger partial charge in [0.15, 0.2) is 0 Å². The number of aromatic amines is 2. The van der Waals surface area contributed by atoms with Crippen molar-refractivity contribution in [2.45, 2.75) is 71.0 Å². The van der Waals surface area contributed by atoms with Crippen LogP contribution in [-0.2, 0) is 25.5 Å². The Morgan fingerprint density at radius 3 is 2.36 bits per heavy atom. The Bertz CT molecular complexity index is 2260. The number of hydrogen-bond acceptors (Lipinski definition) is 10. The van der Waals surface area contributed by atoms with Crippen LogP contribution in [-0.4, -0.2) is 88.2 Å². The third kappa shape index (κ3) is 8.63.